The Balaban J connectivity index is 2.02. The van der Waals surface area contributed by atoms with Crippen molar-refractivity contribution in [1.29, 1.82) is 0 Å². The smallest absolute Gasteiger partial charge is 0.276 e. The molecule has 0 bridgehead atoms. The molecule has 0 amide bonds. The molecule has 5 nitrogen and oxygen atoms in total. The lowest BCUT2D eigenvalue weighted by Crippen LogP contribution is -2.48. The standard InChI is InChI=1S/C16H12O5/c1-20-9-6-7-13-12(8-9)15(18)14(17)10-4-2-3-5-11(10)16(15,19)21-13/h2-8,18-19H,1H3/t15-,16-/m0/s1. The SMILES string of the molecule is COc1ccc2c(c1)[C@]1(O)C(=O)c3ccccc3[C@]1(O)O2. The second-order valence-electron chi connectivity index (χ2n) is 5.19. The molecule has 0 saturated heterocycles. The highest BCUT2D eigenvalue weighted by atomic mass is 16.7. The van der Waals surface area contributed by atoms with Crippen LogP contribution in [0.15, 0.2) is 42.5 Å². The Morgan fingerprint density at radius 1 is 1.10 bits per heavy atom. The number of ether oxygens (including phenoxy) is 2. The normalized spacial score (nSPS) is 28.6. The van der Waals surface area contributed by atoms with Crippen molar-refractivity contribution in [3.05, 3.63) is 59.2 Å². The number of fused-ring (bicyclic) bond motifs is 5. The van der Waals surface area contributed by atoms with Gasteiger partial charge < -0.3 is 19.7 Å². The largest absolute Gasteiger partial charge is 0.497 e. The lowest BCUT2D eigenvalue weighted by molar-refractivity contribution is -0.224. The molecular formula is C16H12O5. The number of rotatable bonds is 1. The van der Waals surface area contributed by atoms with Gasteiger partial charge in [-0.3, -0.25) is 4.79 Å². The van der Waals surface area contributed by atoms with Gasteiger partial charge in [0.15, 0.2) is 0 Å². The number of Topliss-reactive ketones (excluding diaryl/α,β-unsaturated/α-hetero) is 1. The maximum Gasteiger partial charge on any atom is 0.276 e. The minimum Gasteiger partial charge on any atom is -0.497 e. The van der Waals surface area contributed by atoms with E-state index in [4.69, 9.17) is 9.47 Å². The van der Waals surface area contributed by atoms with Crippen LogP contribution in [0.25, 0.3) is 0 Å². The molecule has 2 aromatic rings. The van der Waals surface area contributed by atoms with Gasteiger partial charge in [0.1, 0.15) is 11.5 Å². The average molecular weight is 284 g/mol. The number of aliphatic hydroxyl groups is 2. The van der Waals surface area contributed by atoms with E-state index >= 15 is 0 Å². The third kappa shape index (κ3) is 1.21. The highest BCUT2D eigenvalue weighted by Gasteiger charge is 2.70. The van der Waals surface area contributed by atoms with Crippen LogP contribution in [0.4, 0.5) is 0 Å². The van der Waals surface area contributed by atoms with Crippen LogP contribution in [-0.4, -0.2) is 23.1 Å². The molecule has 0 radical (unpaired) electrons. The number of hydrogen-bond donors (Lipinski definition) is 2. The number of carbonyl (C=O) groups excluding carboxylic acids is 1. The summed E-state index contributed by atoms with van der Waals surface area (Å²) in [5.41, 5.74) is -1.41. The summed E-state index contributed by atoms with van der Waals surface area (Å²) in [6.45, 7) is 0. The van der Waals surface area contributed by atoms with E-state index in [2.05, 4.69) is 0 Å². The van der Waals surface area contributed by atoms with Crippen molar-refractivity contribution in [2.24, 2.45) is 0 Å². The van der Waals surface area contributed by atoms with Crippen molar-refractivity contribution < 1.29 is 24.5 Å². The Bertz CT molecular complexity index is 784. The topological polar surface area (TPSA) is 76.0 Å². The second-order valence-corrected chi connectivity index (χ2v) is 5.19. The zero-order chi connectivity index (χ0) is 14.8. The van der Waals surface area contributed by atoms with Crippen molar-refractivity contribution >= 4 is 5.78 Å². The molecular weight excluding hydrogens is 272 g/mol. The number of benzene rings is 2. The van der Waals surface area contributed by atoms with Gasteiger partial charge in [-0.05, 0) is 18.2 Å². The van der Waals surface area contributed by atoms with Gasteiger partial charge in [-0.15, -0.1) is 0 Å². The van der Waals surface area contributed by atoms with E-state index in [9.17, 15) is 15.0 Å². The number of carbonyl (C=O) groups is 1. The molecule has 2 N–H and O–H groups in total. The van der Waals surface area contributed by atoms with Gasteiger partial charge in [0.05, 0.1) is 7.11 Å². The molecule has 1 aliphatic heterocycles. The Kier molecular flexibility index (Phi) is 2.14. The summed E-state index contributed by atoms with van der Waals surface area (Å²) < 4.78 is 10.7. The molecule has 4 rings (SSSR count). The highest BCUT2D eigenvalue weighted by molar-refractivity contribution is 6.09. The van der Waals surface area contributed by atoms with E-state index < -0.39 is 17.2 Å². The zero-order valence-electron chi connectivity index (χ0n) is 11.2. The number of methoxy groups -OCH3 is 1. The van der Waals surface area contributed by atoms with Gasteiger partial charge in [0.25, 0.3) is 5.79 Å². The zero-order valence-corrected chi connectivity index (χ0v) is 11.2. The fourth-order valence-electron chi connectivity index (χ4n) is 3.12. The Morgan fingerprint density at radius 2 is 1.86 bits per heavy atom. The first-order valence-corrected chi connectivity index (χ1v) is 6.49. The monoisotopic (exact) mass is 284 g/mol. The first kappa shape index (κ1) is 12.4. The van der Waals surface area contributed by atoms with Crippen molar-refractivity contribution in [3.63, 3.8) is 0 Å². The van der Waals surface area contributed by atoms with Gasteiger partial charge >= 0.3 is 0 Å². The molecule has 2 aromatic carbocycles. The summed E-state index contributed by atoms with van der Waals surface area (Å²) in [5, 5.41) is 21.8. The molecule has 106 valence electrons. The van der Waals surface area contributed by atoms with Crippen LogP contribution in [0, 0.1) is 0 Å². The van der Waals surface area contributed by atoms with Crippen LogP contribution in [-0.2, 0) is 11.4 Å². The molecule has 2 aliphatic rings. The molecule has 0 aromatic heterocycles. The maximum atomic E-state index is 12.6. The first-order valence-electron chi connectivity index (χ1n) is 6.49. The third-order valence-electron chi connectivity index (χ3n) is 4.19. The molecule has 0 saturated carbocycles. The quantitative estimate of drug-likeness (QED) is 0.826. The van der Waals surface area contributed by atoms with Crippen molar-refractivity contribution in [1.82, 2.24) is 0 Å². The minimum absolute atomic E-state index is 0.213. The van der Waals surface area contributed by atoms with Crippen LogP contribution in [0.3, 0.4) is 0 Å². The van der Waals surface area contributed by atoms with Gasteiger partial charge in [-0.25, -0.2) is 0 Å². The summed E-state index contributed by atoms with van der Waals surface area (Å²) in [7, 11) is 1.49. The fraction of sp³-hybridized carbons (Fsp3) is 0.188. The molecule has 1 heterocycles. The summed E-state index contributed by atoms with van der Waals surface area (Å²) in [6.07, 6.45) is 0. The first-order chi connectivity index (χ1) is 10.0. The van der Waals surface area contributed by atoms with E-state index in [-0.39, 0.29) is 22.4 Å². The summed E-state index contributed by atoms with van der Waals surface area (Å²) in [6, 6.07) is 11.2. The van der Waals surface area contributed by atoms with Gasteiger partial charge in [-0.2, -0.15) is 0 Å². The summed E-state index contributed by atoms with van der Waals surface area (Å²) >= 11 is 0. The fourth-order valence-corrected chi connectivity index (χ4v) is 3.12. The molecule has 21 heavy (non-hydrogen) atoms. The third-order valence-corrected chi connectivity index (χ3v) is 4.19. The van der Waals surface area contributed by atoms with Crippen LogP contribution < -0.4 is 9.47 Å². The van der Waals surface area contributed by atoms with Crippen LogP contribution >= 0.6 is 0 Å². The van der Waals surface area contributed by atoms with E-state index in [1.54, 1.807) is 36.4 Å². The molecule has 5 heteroatoms. The molecule has 0 unspecified atom stereocenters. The summed E-state index contributed by atoms with van der Waals surface area (Å²) in [4.78, 5) is 12.6. The van der Waals surface area contributed by atoms with Gasteiger partial charge in [-0.1, -0.05) is 24.3 Å². The lowest BCUT2D eigenvalue weighted by atomic mass is 9.87. The van der Waals surface area contributed by atoms with Gasteiger partial charge in [0, 0.05) is 16.7 Å². The van der Waals surface area contributed by atoms with Crippen molar-refractivity contribution in [2.75, 3.05) is 7.11 Å². The lowest BCUT2D eigenvalue weighted by Gasteiger charge is -2.28. The maximum absolute atomic E-state index is 12.6. The second kappa shape index (κ2) is 3.63. The van der Waals surface area contributed by atoms with Crippen LogP contribution in [0.1, 0.15) is 21.5 Å². The van der Waals surface area contributed by atoms with Crippen molar-refractivity contribution in [2.45, 2.75) is 11.4 Å². The number of hydrogen-bond acceptors (Lipinski definition) is 5. The average Bonchev–Trinajstić information content (AvgIpc) is 2.84. The predicted octanol–water partition coefficient (Wildman–Crippen LogP) is 1.32. The van der Waals surface area contributed by atoms with E-state index in [0.29, 0.717) is 5.75 Å². The molecule has 2 atom stereocenters. The Morgan fingerprint density at radius 3 is 2.62 bits per heavy atom. The van der Waals surface area contributed by atoms with Gasteiger partial charge in [0.2, 0.25) is 11.4 Å². The molecule has 1 aliphatic carbocycles. The minimum atomic E-state index is -2.15. The van der Waals surface area contributed by atoms with E-state index in [1.807, 2.05) is 0 Å². The van der Waals surface area contributed by atoms with Crippen LogP contribution in [0.5, 0.6) is 11.5 Å². The molecule has 0 fully saturated rings. The van der Waals surface area contributed by atoms with E-state index in [1.165, 1.54) is 13.2 Å². The van der Waals surface area contributed by atoms with Crippen LogP contribution in [0.2, 0.25) is 0 Å². The summed E-state index contributed by atoms with van der Waals surface area (Å²) in [5.74, 6) is -1.94. The van der Waals surface area contributed by atoms with Crippen molar-refractivity contribution in [3.8, 4) is 11.5 Å². The predicted molar refractivity (Wildman–Crippen MR) is 72.2 cm³/mol. The van der Waals surface area contributed by atoms with E-state index in [0.717, 1.165) is 0 Å². The molecule has 0 spiro atoms. The number of ketones is 1. The Hall–Kier alpha value is -2.37. The highest BCUT2D eigenvalue weighted by Crippen LogP contribution is 2.58. The Labute approximate surface area is 120 Å².